The van der Waals surface area contributed by atoms with Crippen molar-refractivity contribution in [1.82, 2.24) is 9.55 Å². The molecule has 22 heavy (non-hydrogen) atoms. The van der Waals surface area contributed by atoms with Crippen LogP contribution >= 0.6 is 0 Å². The molecule has 0 spiro atoms. The second-order valence-corrected chi connectivity index (χ2v) is 5.71. The molecule has 0 saturated heterocycles. The Balaban J connectivity index is 1.56. The van der Waals surface area contributed by atoms with E-state index in [9.17, 15) is 9.90 Å². The molecule has 1 heterocycles. The van der Waals surface area contributed by atoms with E-state index in [0.717, 1.165) is 18.5 Å². The molecule has 1 N–H and O–H groups in total. The zero-order valence-electron chi connectivity index (χ0n) is 12.4. The van der Waals surface area contributed by atoms with E-state index < -0.39 is 6.10 Å². The first-order valence-electron chi connectivity index (χ1n) is 7.64. The third-order valence-electron chi connectivity index (χ3n) is 4.02. The van der Waals surface area contributed by atoms with Gasteiger partial charge in [-0.05, 0) is 25.0 Å². The zero-order valence-corrected chi connectivity index (χ0v) is 12.4. The molecule has 0 amide bonds. The van der Waals surface area contributed by atoms with Crippen molar-refractivity contribution in [3.05, 3.63) is 58.8 Å². The summed E-state index contributed by atoms with van der Waals surface area (Å²) in [5.74, 6) is 1.14. The molecule has 1 aromatic heterocycles. The Kier molecular flexibility index (Phi) is 4.53. The van der Waals surface area contributed by atoms with Crippen LogP contribution in [0, 0.1) is 0 Å². The summed E-state index contributed by atoms with van der Waals surface area (Å²) < 4.78 is 6.91. The minimum absolute atomic E-state index is 0.115. The highest BCUT2D eigenvalue weighted by atomic mass is 16.5. The Morgan fingerprint density at radius 2 is 2.09 bits per heavy atom. The molecule has 5 nitrogen and oxygen atoms in total. The fourth-order valence-electron chi connectivity index (χ4n) is 2.49. The lowest BCUT2D eigenvalue weighted by Crippen LogP contribution is -2.31. The van der Waals surface area contributed by atoms with Gasteiger partial charge in [-0.2, -0.15) is 0 Å². The maximum Gasteiger partial charge on any atom is 0.253 e. The molecule has 0 bridgehead atoms. The van der Waals surface area contributed by atoms with Crippen molar-refractivity contribution in [2.45, 2.75) is 37.8 Å². The quantitative estimate of drug-likeness (QED) is 0.885. The summed E-state index contributed by atoms with van der Waals surface area (Å²) in [4.78, 5) is 16.4. The molecule has 0 aliphatic heterocycles. The predicted octanol–water partition coefficient (Wildman–Crippen LogP) is 1.95. The lowest BCUT2D eigenvalue weighted by atomic mass is 9.83. The molecule has 3 rings (SSSR count). The van der Waals surface area contributed by atoms with Crippen LogP contribution in [0.5, 0.6) is 5.75 Å². The van der Waals surface area contributed by atoms with E-state index in [1.165, 1.54) is 17.3 Å². The summed E-state index contributed by atoms with van der Waals surface area (Å²) >= 11 is 0. The van der Waals surface area contributed by atoms with Gasteiger partial charge in [-0.3, -0.25) is 9.36 Å². The highest BCUT2D eigenvalue weighted by Crippen LogP contribution is 2.34. The van der Waals surface area contributed by atoms with Crippen LogP contribution < -0.4 is 10.3 Å². The van der Waals surface area contributed by atoms with Gasteiger partial charge in [0.25, 0.3) is 5.56 Å². The monoisotopic (exact) mass is 300 g/mol. The molecule has 1 atom stereocenters. The SMILES string of the molecule is O=c1cc(C2CCC2)ncn1CC(O)COc1ccccc1. The number of aromatic nitrogens is 2. The molecule has 1 aliphatic carbocycles. The lowest BCUT2D eigenvalue weighted by Gasteiger charge is -2.24. The summed E-state index contributed by atoms with van der Waals surface area (Å²) in [6.45, 7) is 0.324. The second kappa shape index (κ2) is 6.75. The fourth-order valence-corrected chi connectivity index (χ4v) is 2.49. The number of ether oxygens (including phenoxy) is 1. The van der Waals surface area contributed by atoms with E-state index in [-0.39, 0.29) is 18.7 Å². The smallest absolute Gasteiger partial charge is 0.253 e. The van der Waals surface area contributed by atoms with Crippen LogP contribution in [0.4, 0.5) is 0 Å². The topological polar surface area (TPSA) is 64.4 Å². The standard InChI is InChI=1S/C17H20N2O3/c20-14(11-22-15-7-2-1-3-8-15)10-19-12-18-16(9-17(19)21)13-5-4-6-13/h1-3,7-9,12-14,20H,4-6,10-11H2. The van der Waals surface area contributed by atoms with Crippen LogP contribution in [-0.2, 0) is 6.54 Å². The number of benzene rings is 1. The highest BCUT2D eigenvalue weighted by Gasteiger charge is 2.21. The summed E-state index contributed by atoms with van der Waals surface area (Å²) in [5.41, 5.74) is 0.762. The third kappa shape index (κ3) is 3.54. The fraction of sp³-hybridized carbons (Fsp3) is 0.412. The van der Waals surface area contributed by atoms with Gasteiger partial charge in [-0.15, -0.1) is 0 Å². The largest absolute Gasteiger partial charge is 0.491 e. The number of aliphatic hydroxyl groups is 1. The molecule has 1 aliphatic rings. The van der Waals surface area contributed by atoms with Gasteiger partial charge in [0.05, 0.1) is 18.6 Å². The van der Waals surface area contributed by atoms with Gasteiger partial charge in [0, 0.05) is 12.0 Å². The molecule has 1 saturated carbocycles. The van der Waals surface area contributed by atoms with Gasteiger partial charge in [0.2, 0.25) is 0 Å². The van der Waals surface area contributed by atoms with Crippen LogP contribution in [0.15, 0.2) is 47.5 Å². The zero-order chi connectivity index (χ0) is 15.4. The van der Waals surface area contributed by atoms with Crippen molar-refractivity contribution in [3.8, 4) is 5.75 Å². The van der Waals surface area contributed by atoms with E-state index in [2.05, 4.69) is 4.98 Å². The van der Waals surface area contributed by atoms with Crippen LogP contribution in [0.1, 0.15) is 30.9 Å². The van der Waals surface area contributed by atoms with E-state index in [4.69, 9.17) is 4.74 Å². The van der Waals surface area contributed by atoms with Crippen molar-refractivity contribution in [3.63, 3.8) is 0 Å². The third-order valence-corrected chi connectivity index (χ3v) is 4.02. The molecule has 5 heteroatoms. The number of rotatable bonds is 6. The van der Waals surface area contributed by atoms with Crippen LogP contribution in [0.25, 0.3) is 0 Å². The molecular formula is C17H20N2O3. The number of hydrogen-bond acceptors (Lipinski definition) is 4. The van der Waals surface area contributed by atoms with E-state index >= 15 is 0 Å². The van der Waals surface area contributed by atoms with Crippen LogP contribution in [-0.4, -0.2) is 27.4 Å². The number of aliphatic hydroxyl groups excluding tert-OH is 1. The number of para-hydroxylation sites is 1. The number of hydrogen-bond donors (Lipinski definition) is 1. The first-order chi connectivity index (χ1) is 10.7. The minimum atomic E-state index is -0.755. The van der Waals surface area contributed by atoms with Crippen LogP contribution in [0.3, 0.4) is 0 Å². The summed E-state index contributed by atoms with van der Waals surface area (Å²) in [5, 5.41) is 10.0. The van der Waals surface area contributed by atoms with Gasteiger partial charge >= 0.3 is 0 Å². The average Bonchev–Trinajstić information content (AvgIpc) is 2.47. The number of nitrogens with zero attached hydrogens (tertiary/aromatic N) is 2. The predicted molar refractivity (Wildman–Crippen MR) is 83.0 cm³/mol. The van der Waals surface area contributed by atoms with Crippen molar-refractivity contribution < 1.29 is 9.84 Å². The van der Waals surface area contributed by atoms with E-state index in [1.807, 2.05) is 30.3 Å². The molecule has 116 valence electrons. The Hall–Kier alpha value is -2.14. The van der Waals surface area contributed by atoms with Gasteiger partial charge in [-0.25, -0.2) is 4.98 Å². The normalized spacial score (nSPS) is 16.0. The maximum atomic E-state index is 12.1. The Bertz CT molecular complexity index is 665. The molecule has 1 aromatic carbocycles. The molecule has 1 fully saturated rings. The van der Waals surface area contributed by atoms with E-state index in [0.29, 0.717) is 11.7 Å². The first-order valence-corrected chi connectivity index (χ1v) is 7.64. The summed E-state index contributed by atoms with van der Waals surface area (Å²) in [6, 6.07) is 10.9. The second-order valence-electron chi connectivity index (χ2n) is 5.71. The van der Waals surface area contributed by atoms with Crippen LogP contribution in [0.2, 0.25) is 0 Å². The lowest BCUT2D eigenvalue weighted by molar-refractivity contribution is 0.0912. The van der Waals surface area contributed by atoms with Crippen molar-refractivity contribution >= 4 is 0 Å². The molecule has 2 aromatic rings. The van der Waals surface area contributed by atoms with E-state index in [1.54, 1.807) is 6.07 Å². The van der Waals surface area contributed by atoms with Crippen molar-refractivity contribution in [1.29, 1.82) is 0 Å². The Labute approximate surface area is 129 Å². The average molecular weight is 300 g/mol. The summed E-state index contributed by atoms with van der Waals surface area (Å²) in [6.07, 6.45) is 4.22. The van der Waals surface area contributed by atoms with Gasteiger partial charge < -0.3 is 9.84 Å². The Morgan fingerprint density at radius 1 is 1.32 bits per heavy atom. The van der Waals surface area contributed by atoms with Crippen molar-refractivity contribution in [2.24, 2.45) is 0 Å². The Morgan fingerprint density at radius 3 is 2.73 bits per heavy atom. The highest BCUT2D eigenvalue weighted by molar-refractivity contribution is 5.20. The maximum absolute atomic E-state index is 12.1. The first kappa shape index (κ1) is 14.8. The molecular weight excluding hydrogens is 280 g/mol. The van der Waals surface area contributed by atoms with Gasteiger partial charge in [-0.1, -0.05) is 24.6 Å². The molecule has 0 radical (unpaired) electrons. The van der Waals surface area contributed by atoms with Gasteiger partial charge in [0.1, 0.15) is 18.5 Å². The van der Waals surface area contributed by atoms with Crippen molar-refractivity contribution in [2.75, 3.05) is 6.61 Å². The minimum Gasteiger partial charge on any atom is -0.491 e. The summed E-state index contributed by atoms with van der Waals surface area (Å²) in [7, 11) is 0. The molecule has 1 unspecified atom stereocenters. The van der Waals surface area contributed by atoms with Gasteiger partial charge in [0.15, 0.2) is 0 Å².